The van der Waals surface area contributed by atoms with Gasteiger partial charge in [-0.3, -0.25) is 0 Å². The highest BCUT2D eigenvalue weighted by Gasteiger charge is 2.41. The number of benzene rings is 2. The highest BCUT2D eigenvalue weighted by atomic mass is 16.5. The van der Waals surface area contributed by atoms with Crippen molar-refractivity contribution in [3.63, 3.8) is 0 Å². The first-order valence-electron chi connectivity index (χ1n) is 8.33. The summed E-state index contributed by atoms with van der Waals surface area (Å²) in [5.41, 5.74) is 0.719. The number of ether oxygens (including phenoxy) is 1. The summed E-state index contributed by atoms with van der Waals surface area (Å²) < 4.78 is 5.81. The molecule has 0 aliphatic carbocycles. The summed E-state index contributed by atoms with van der Waals surface area (Å²) in [6, 6.07) is 18.4. The molecule has 0 aromatic heterocycles. The van der Waals surface area contributed by atoms with Gasteiger partial charge in [0.1, 0.15) is 6.10 Å². The minimum Gasteiger partial charge on any atom is -0.458 e. The quantitative estimate of drug-likeness (QED) is 0.787. The van der Waals surface area contributed by atoms with Gasteiger partial charge in [-0.05, 0) is 23.6 Å². The van der Waals surface area contributed by atoms with E-state index in [9.17, 15) is 9.90 Å². The Bertz CT molecular complexity index is 647. The van der Waals surface area contributed by atoms with Crippen LogP contribution in [-0.4, -0.2) is 17.2 Å². The SMILES string of the molecule is CC(C)[C@@H](OC(=O)c1ccccc1)C(C)(C)[C@H](O)c1ccccc1. The summed E-state index contributed by atoms with van der Waals surface area (Å²) in [4.78, 5) is 12.5. The van der Waals surface area contributed by atoms with Crippen molar-refractivity contribution in [2.24, 2.45) is 11.3 Å². The molecule has 0 radical (unpaired) electrons. The number of esters is 1. The number of hydrogen-bond acceptors (Lipinski definition) is 3. The topological polar surface area (TPSA) is 46.5 Å². The van der Waals surface area contributed by atoms with Gasteiger partial charge in [-0.2, -0.15) is 0 Å². The van der Waals surface area contributed by atoms with Crippen molar-refractivity contribution in [3.8, 4) is 0 Å². The molecule has 24 heavy (non-hydrogen) atoms. The zero-order valence-electron chi connectivity index (χ0n) is 14.8. The van der Waals surface area contributed by atoms with E-state index in [-0.39, 0.29) is 11.9 Å². The molecule has 0 spiro atoms. The molecule has 0 saturated heterocycles. The number of aliphatic hydroxyl groups is 1. The largest absolute Gasteiger partial charge is 0.458 e. The van der Waals surface area contributed by atoms with Crippen molar-refractivity contribution in [2.75, 3.05) is 0 Å². The first-order chi connectivity index (χ1) is 11.3. The third kappa shape index (κ3) is 4.04. The van der Waals surface area contributed by atoms with Crippen LogP contribution in [-0.2, 0) is 4.74 Å². The Morgan fingerprint density at radius 2 is 1.46 bits per heavy atom. The summed E-state index contributed by atoms with van der Waals surface area (Å²) in [6.07, 6.45) is -1.14. The molecular formula is C21H26O3. The van der Waals surface area contributed by atoms with Gasteiger partial charge in [0.2, 0.25) is 0 Å². The summed E-state index contributed by atoms with van der Waals surface area (Å²) in [5.74, 6) is -0.284. The second-order valence-electron chi connectivity index (χ2n) is 7.07. The van der Waals surface area contributed by atoms with Crippen LogP contribution >= 0.6 is 0 Å². The van der Waals surface area contributed by atoms with E-state index in [4.69, 9.17) is 4.74 Å². The molecular weight excluding hydrogens is 300 g/mol. The molecule has 2 rings (SSSR count). The maximum Gasteiger partial charge on any atom is 0.338 e. The first kappa shape index (κ1) is 18.2. The van der Waals surface area contributed by atoms with Crippen LogP contribution in [0.5, 0.6) is 0 Å². The minimum absolute atomic E-state index is 0.0750. The number of aliphatic hydroxyl groups excluding tert-OH is 1. The molecule has 0 heterocycles. The van der Waals surface area contributed by atoms with Crippen LogP contribution in [0.25, 0.3) is 0 Å². The van der Waals surface area contributed by atoms with E-state index in [0.717, 1.165) is 5.56 Å². The monoisotopic (exact) mass is 326 g/mol. The van der Waals surface area contributed by atoms with Crippen molar-refractivity contribution >= 4 is 5.97 Å². The molecule has 2 atom stereocenters. The molecule has 3 nitrogen and oxygen atoms in total. The standard InChI is InChI=1S/C21H26O3/c1-15(2)19(24-20(23)17-13-9-6-10-14-17)21(3,4)18(22)16-11-7-5-8-12-16/h5-15,18-19,22H,1-4H3/t18-,19-/m1/s1. The van der Waals surface area contributed by atoms with Crippen LogP contribution in [0.3, 0.4) is 0 Å². The lowest BCUT2D eigenvalue weighted by Crippen LogP contribution is -2.42. The average Bonchev–Trinajstić information content (AvgIpc) is 2.59. The molecule has 0 aliphatic rings. The second kappa shape index (κ2) is 7.63. The molecule has 2 aromatic rings. The molecule has 2 aromatic carbocycles. The fourth-order valence-electron chi connectivity index (χ4n) is 3.13. The van der Waals surface area contributed by atoms with Gasteiger partial charge in [0.25, 0.3) is 0 Å². The van der Waals surface area contributed by atoms with E-state index in [2.05, 4.69) is 0 Å². The molecule has 0 fully saturated rings. The summed E-state index contributed by atoms with van der Waals surface area (Å²) in [5, 5.41) is 10.9. The Kier molecular flexibility index (Phi) is 5.79. The van der Waals surface area contributed by atoms with Crippen LogP contribution in [0.4, 0.5) is 0 Å². The fraction of sp³-hybridized carbons (Fsp3) is 0.381. The molecule has 1 N–H and O–H groups in total. The molecule has 0 amide bonds. The lowest BCUT2D eigenvalue weighted by molar-refractivity contribution is -0.0819. The van der Waals surface area contributed by atoms with Gasteiger partial charge < -0.3 is 9.84 Å². The summed E-state index contributed by atoms with van der Waals surface area (Å²) in [7, 11) is 0. The smallest absolute Gasteiger partial charge is 0.338 e. The Labute approximate surface area is 144 Å². The van der Waals surface area contributed by atoms with Gasteiger partial charge in [0, 0.05) is 5.41 Å². The summed E-state index contributed by atoms with van der Waals surface area (Å²) >= 11 is 0. The Morgan fingerprint density at radius 3 is 1.96 bits per heavy atom. The maximum absolute atomic E-state index is 12.5. The third-order valence-electron chi connectivity index (χ3n) is 4.40. The van der Waals surface area contributed by atoms with Crippen molar-refractivity contribution in [1.29, 1.82) is 0 Å². The third-order valence-corrected chi connectivity index (χ3v) is 4.40. The van der Waals surface area contributed by atoms with E-state index >= 15 is 0 Å². The van der Waals surface area contributed by atoms with E-state index in [1.807, 2.05) is 76.2 Å². The van der Waals surface area contributed by atoms with Gasteiger partial charge >= 0.3 is 5.97 Å². The van der Waals surface area contributed by atoms with Gasteiger partial charge in [-0.25, -0.2) is 4.79 Å². The van der Waals surface area contributed by atoms with Crippen molar-refractivity contribution in [2.45, 2.75) is 39.9 Å². The zero-order chi connectivity index (χ0) is 17.7. The highest BCUT2D eigenvalue weighted by Crippen LogP contribution is 2.41. The molecule has 3 heteroatoms. The second-order valence-corrected chi connectivity index (χ2v) is 7.07. The Balaban J connectivity index is 2.24. The van der Waals surface area contributed by atoms with Crippen molar-refractivity contribution < 1.29 is 14.6 Å². The number of carbonyl (C=O) groups excluding carboxylic acids is 1. The van der Waals surface area contributed by atoms with Gasteiger partial charge in [-0.15, -0.1) is 0 Å². The van der Waals surface area contributed by atoms with E-state index in [0.29, 0.717) is 5.56 Å². The minimum atomic E-state index is -0.727. The Hall–Kier alpha value is -2.13. The number of rotatable bonds is 6. The fourth-order valence-corrected chi connectivity index (χ4v) is 3.13. The van der Waals surface area contributed by atoms with E-state index in [1.165, 1.54) is 0 Å². The molecule has 0 unspecified atom stereocenters. The van der Waals surface area contributed by atoms with E-state index in [1.54, 1.807) is 12.1 Å². The molecule has 0 bridgehead atoms. The van der Waals surface area contributed by atoms with Crippen molar-refractivity contribution in [3.05, 3.63) is 71.8 Å². The molecule has 128 valence electrons. The van der Waals surface area contributed by atoms with Gasteiger partial charge in [-0.1, -0.05) is 76.2 Å². The number of hydrogen-bond donors (Lipinski definition) is 1. The van der Waals surface area contributed by atoms with Gasteiger partial charge in [0.05, 0.1) is 11.7 Å². The first-order valence-corrected chi connectivity index (χ1v) is 8.33. The Morgan fingerprint density at radius 1 is 0.958 bits per heavy atom. The van der Waals surface area contributed by atoms with Crippen molar-refractivity contribution in [1.82, 2.24) is 0 Å². The number of carbonyl (C=O) groups is 1. The average molecular weight is 326 g/mol. The van der Waals surface area contributed by atoms with Crippen LogP contribution in [0.2, 0.25) is 0 Å². The predicted molar refractivity (Wildman–Crippen MR) is 95.7 cm³/mol. The highest BCUT2D eigenvalue weighted by molar-refractivity contribution is 5.89. The van der Waals surface area contributed by atoms with Crippen LogP contribution in [0, 0.1) is 11.3 Å². The molecule has 0 saturated carbocycles. The van der Waals surface area contributed by atoms with Gasteiger partial charge in [0.15, 0.2) is 0 Å². The van der Waals surface area contributed by atoms with Crippen LogP contribution < -0.4 is 0 Å². The summed E-state index contributed by atoms with van der Waals surface area (Å²) in [6.45, 7) is 7.88. The maximum atomic E-state index is 12.5. The van der Waals surface area contributed by atoms with E-state index < -0.39 is 17.6 Å². The van der Waals surface area contributed by atoms with Crippen LogP contribution in [0.15, 0.2) is 60.7 Å². The normalized spacial score (nSPS) is 14.2. The van der Waals surface area contributed by atoms with Crippen LogP contribution in [0.1, 0.15) is 49.7 Å². The predicted octanol–water partition coefficient (Wildman–Crippen LogP) is 4.63. The lowest BCUT2D eigenvalue weighted by atomic mass is 9.74. The zero-order valence-corrected chi connectivity index (χ0v) is 14.8. The molecule has 0 aliphatic heterocycles. The lowest BCUT2D eigenvalue weighted by Gasteiger charge is -2.40.